The first-order valence-corrected chi connectivity index (χ1v) is 9.45. The van der Waals surface area contributed by atoms with Crippen LogP contribution < -0.4 is 0 Å². The highest BCUT2D eigenvalue weighted by atomic mass is 16.3. The number of terminal acetylenes is 1. The molecule has 1 saturated heterocycles. The molecule has 1 atom stereocenters. The maximum absolute atomic E-state index is 9.49. The van der Waals surface area contributed by atoms with Gasteiger partial charge in [0.05, 0.1) is 0 Å². The van der Waals surface area contributed by atoms with Crippen LogP contribution in [0.15, 0.2) is 54.6 Å². The van der Waals surface area contributed by atoms with Gasteiger partial charge in [-0.2, -0.15) is 0 Å². The van der Waals surface area contributed by atoms with Gasteiger partial charge in [0.15, 0.2) is 0 Å². The van der Waals surface area contributed by atoms with Crippen LogP contribution in [0.2, 0.25) is 0 Å². The maximum atomic E-state index is 9.49. The third-order valence-corrected chi connectivity index (χ3v) is 5.21. The van der Waals surface area contributed by atoms with Crippen molar-refractivity contribution in [3.05, 3.63) is 71.3 Å². The average molecular weight is 348 g/mol. The summed E-state index contributed by atoms with van der Waals surface area (Å²) in [5.74, 6) is 2.67. The van der Waals surface area contributed by atoms with Gasteiger partial charge in [0, 0.05) is 50.9 Å². The van der Waals surface area contributed by atoms with E-state index in [0.29, 0.717) is 6.04 Å². The first-order valence-electron chi connectivity index (χ1n) is 9.45. The van der Waals surface area contributed by atoms with E-state index in [4.69, 9.17) is 6.42 Å². The largest absolute Gasteiger partial charge is 0.396 e. The van der Waals surface area contributed by atoms with E-state index in [1.807, 2.05) is 12.1 Å². The Morgan fingerprint density at radius 1 is 1.00 bits per heavy atom. The molecule has 1 fully saturated rings. The van der Waals surface area contributed by atoms with Crippen LogP contribution in [0.25, 0.3) is 0 Å². The van der Waals surface area contributed by atoms with Crippen molar-refractivity contribution in [3.63, 3.8) is 0 Å². The van der Waals surface area contributed by atoms with Gasteiger partial charge in [-0.15, -0.1) is 6.42 Å². The van der Waals surface area contributed by atoms with Gasteiger partial charge in [-0.1, -0.05) is 48.4 Å². The van der Waals surface area contributed by atoms with E-state index in [9.17, 15) is 5.11 Å². The fourth-order valence-corrected chi connectivity index (χ4v) is 3.70. The topological polar surface area (TPSA) is 26.7 Å². The zero-order chi connectivity index (χ0) is 18.2. The van der Waals surface area contributed by atoms with Crippen LogP contribution in [0, 0.1) is 12.3 Å². The fraction of sp³-hybridized carbons (Fsp3) is 0.391. The zero-order valence-electron chi connectivity index (χ0n) is 15.3. The number of benzene rings is 2. The Morgan fingerprint density at radius 2 is 1.77 bits per heavy atom. The summed E-state index contributed by atoms with van der Waals surface area (Å²) in [5.41, 5.74) is 3.61. The van der Waals surface area contributed by atoms with Gasteiger partial charge in [0.2, 0.25) is 0 Å². The van der Waals surface area contributed by atoms with E-state index < -0.39 is 0 Å². The molecule has 0 spiro atoms. The van der Waals surface area contributed by atoms with Crippen molar-refractivity contribution in [1.29, 1.82) is 0 Å². The van der Waals surface area contributed by atoms with Crippen molar-refractivity contribution in [3.8, 4) is 12.3 Å². The molecule has 3 heteroatoms. The van der Waals surface area contributed by atoms with Crippen molar-refractivity contribution in [2.75, 3.05) is 32.8 Å². The fourth-order valence-electron chi connectivity index (χ4n) is 3.70. The standard InChI is InChI=1S/C23H28N2O/c1-2-20-8-10-22(11-9-20)18-24-15-16-25(23(19-24)13-17-26)14-12-21-6-4-3-5-7-21/h1,3-11,23,26H,12-19H2/t23-/m0/s1. The Labute approximate surface area is 157 Å². The second-order valence-corrected chi connectivity index (χ2v) is 7.01. The summed E-state index contributed by atoms with van der Waals surface area (Å²) in [6.45, 7) is 5.37. The van der Waals surface area contributed by atoms with E-state index >= 15 is 0 Å². The summed E-state index contributed by atoms with van der Waals surface area (Å²) in [7, 11) is 0. The van der Waals surface area contributed by atoms with Gasteiger partial charge in [-0.25, -0.2) is 0 Å². The van der Waals surface area contributed by atoms with Crippen molar-refractivity contribution in [1.82, 2.24) is 9.80 Å². The molecule has 2 aromatic rings. The molecule has 0 bridgehead atoms. The number of nitrogens with zero attached hydrogens (tertiary/aromatic N) is 2. The highest BCUT2D eigenvalue weighted by Crippen LogP contribution is 2.17. The minimum atomic E-state index is 0.247. The minimum Gasteiger partial charge on any atom is -0.396 e. The first-order chi connectivity index (χ1) is 12.8. The average Bonchev–Trinajstić information content (AvgIpc) is 2.69. The van der Waals surface area contributed by atoms with E-state index in [2.05, 4.69) is 58.2 Å². The molecular formula is C23H28N2O. The Bertz CT molecular complexity index is 705. The molecule has 136 valence electrons. The van der Waals surface area contributed by atoms with Gasteiger partial charge in [0.25, 0.3) is 0 Å². The van der Waals surface area contributed by atoms with Gasteiger partial charge in [0.1, 0.15) is 0 Å². The molecule has 0 radical (unpaired) electrons. The number of rotatable bonds is 7. The minimum absolute atomic E-state index is 0.247. The molecule has 1 heterocycles. The molecule has 3 nitrogen and oxygen atoms in total. The molecule has 0 aliphatic carbocycles. The summed E-state index contributed by atoms with van der Waals surface area (Å²) >= 11 is 0. The normalized spacial score (nSPS) is 18.5. The van der Waals surface area contributed by atoms with Gasteiger partial charge >= 0.3 is 0 Å². The van der Waals surface area contributed by atoms with Crippen LogP contribution >= 0.6 is 0 Å². The molecule has 0 unspecified atom stereocenters. The van der Waals surface area contributed by atoms with Crippen molar-refractivity contribution < 1.29 is 5.11 Å². The third-order valence-electron chi connectivity index (χ3n) is 5.21. The lowest BCUT2D eigenvalue weighted by Gasteiger charge is -2.41. The summed E-state index contributed by atoms with van der Waals surface area (Å²) in [6, 6.07) is 19.3. The molecule has 1 aliphatic heterocycles. The highest BCUT2D eigenvalue weighted by molar-refractivity contribution is 5.34. The van der Waals surface area contributed by atoms with Crippen LogP contribution in [0.4, 0.5) is 0 Å². The molecule has 0 amide bonds. The van der Waals surface area contributed by atoms with Crippen LogP contribution in [-0.4, -0.2) is 53.7 Å². The maximum Gasteiger partial charge on any atom is 0.0446 e. The van der Waals surface area contributed by atoms with E-state index in [1.54, 1.807) is 0 Å². The number of hydrogen-bond donors (Lipinski definition) is 1. The third kappa shape index (κ3) is 5.19. The van der Waals surface area contributed by atoms with Crippen LogP contribution in [-0.2, 0) is 13.0 Å². The van der Waals surface area contributed by atoms with Gasteiger partial charge in [-0.3, -0.25) is 9.80 Å². The second kappa shape index (κ2) is 9.54. The Kier molecular flexibility index (Phi) is 6.85. The molecule has 3 rings (SSSR count). The van der Waals surface area contributed by atoms with E-state index in [1.165, 1.54) is 11.1 Å². The molecule has 26 heavy (non-hydrogen) atoms. The molecular weight excluding hydrogens is 320 g/mol. The SMILES string of the molecule is C#Cc1ccc(CN2CCN(CCc3ccccc3)[C@@H](CCO)C2)cc1. The van der Waals surface area contributed by atoms with Crippen molar-refractivity contribution in [2.45, 2.75) is 25.4 Å². The Balaban J connectivity index is 1.55. The molecule has 1 N–H and O–H groups in total. The lowest BCUT2D eigenvalue weighted by Crippen LogP contribution is -2.53. The van der Waals surface area contributed by atoms with Crippen LogP contribution in [0.5, 0.6) is 0 Å². The van der Waals surface area contributed by atoms with Crippen LogP contribution in [0.3, 0.4) is 0 Å². The van der Waals surface area contributed by atoms with Crippen molar-refractivity contribution >= 4 is 0 Å². The quantitative estimate of drug-likeness (QED) is 0.780. The molecule has 0 saturated carbocycles. The summed E-state index contributed by atoms with van der Waals surface area (Å²) < 4.78 is 0. The number of aliphatic hydroxyl groups is 1. The van der Waals surface area contributed by atoms with E-state index in [-0.39, 0.29) is 6.61 Å². The highest BCUT2D eigenvalue weighted by Gasteiger charge is 2.26. The lowest BCUT2D eigenvalue weighted by atomic mass is 10.1. The van der Waals surface area contributed by atoms with Gasteiger partial charge < -0.3 is 5.11 Å². The Morgan fingerprint density at radius 3 is 2.46 bits per heavy atom. The second-order valence-electron chi connectivity index (χ2n) is 7.01. The summed E-state index contributed by atoms with van der Waals surface area (Å²) in [5, 5.41) is 9.49. The number of aliphatic hydroxyl groups excluding tert-OH is 1. The number of hydrogen-bond acceptors (Lipinski definition) is 3. The van der Waals surface area contributed by atoms with Crippen molar-refractivity contribution in [2.24, 2.45) is 0 Å². The van der Waals surface area contributed by atoms with Crippen LogP contribution in [0.1, 0.15) is 23.1 Å². The molecule has 0 aromatic heterocycles. The smallest absolute Gasteiger partial charge is 0.0446 e. The number of piperazine rings is 1. The lowest BCUT2D eigenvalue weighted by molar-refractivity contribution is 0.0562. The predicted molar refractivity (Wildman–Crippen MR) is 107 cm³/mol. The summed E-state index contributed by atoms with van der Waals surface area (Å²) in [4.78, 5) is 5.03. The molecule has 1 aliphatic rings. The predicted octanol–water partition coefficient (Wildman–Crippen LogP) is 2.78. The molecule has 2 aromatic carbocycles. The summed E-state index contributed by atoms with van der Waals surface area (Å²) in [6.07, 6.45) is 7.33. The zero-order valence-corrected chi connectivity index (χ0v) is 15.3. The first kappa shape index (κ1) is 18.7. The van der Waals surface area contributed by atoms with Gasteiger partial charge in [-0.05, 0) is 36.1 Å². The van der Waals surface area contributed by atoms with E-state index in [0.717, 1.165) is 51.1 Å². The Hall–Kier alpha value is -2.12. The monoisotopic (exact) mass is 348 g/mol.